The summed E-state index contributed by atoms with van der Waals surface area (Å²) in [7, 11) is 0. The summed E-state index contributed by atoms with van der Waals surface area (Å²) >= 11 is 0. The second kappa shape index (κ2) is 6.85. The van der Waals surface area contributed by atoms with Crippen molar-refractivity contribution in [3.63, 3.8) is 0 Å². The van der Waals surface area contributed by atoms with Crippen molar-refractivity contribution in [1.82, 2.24) is 4.90 Å². The first kappa shape index (κ1) is 16.2. The fraction of sp³-hybridized carbons (Fsp3) is 0.526. The van der Waals surface area contributed by atoms with Crippen LogP contribution in [-0.2, 0) is 11.3 Å². The quantitative estimate of drug-likeness (QED) is 0.811. The highest BCUT2D eigenvalue weighted by atomic mass is 16.5. The van der Waals surface area contributed by atoms with E-state index >= 15 is 0 Å². The van der Waals surface area contributed by atoms with Crippen LogP contribution < -0.4 is 5.63 Å². The van der Waals surface area contributed by atoms with Crippen LogP contribution in [0, 0.1) is 13.8 Å². The van der Waals surface area contributed by atoms with Crippen molar-refractivity contribution >= 4 is 11.0 Å². The Hall–Kier alpha value is -1.65. The minimum absolute atomic E-state index is 0.261. The summed E-state index contributed by atoms with van der Waals surface area (Å²) in [5.74, 6) is 0. The lowest BCUT2D eigenvalue weighted by Crippen LogP contribution is -2.36. The van der Waals surface area contributed by atoms with Crippen molar-refractivity contribution in [3.05, 3.63) is 45.3 Å². The van der Waals surface area contributed by atoms with Gasteiger partial charge >= 0.3 is 5.63 Å². The van der Waals surface area contributed by atoms with E-state index in [9.17, 15) is 4.79 Å². The van der Waals surface area contributed by atoms with Gasteiger partial charge in [-0.15, -0.1) is 0 Å². The van der Waals surface area contributed by atoms with Gasteiger partial charge in [0.2, 0.25) is 0 Å². The summed E-state index contributed by atoms with van der Waals surface area (Å²) in [6.07, 6.45) is 2.51. The van der Waals surface area contributed by atoms with Crippen molar-refractivity contribution in [1.29, 1.82) is 0 Å². The Morgan fingerprint density at radius 3 is 2.65 bits per heavy atom. The molecule has 0 bridgehead atoms. The number of likely N-dealkylation sites (tertiary alicyclic amines) is 1. The molecule has 0 spiro atoms. The SMILES string of the molecule is CCOC1CCN(Cc2cc(=O)oc3c(C)cc(C)cc23)CC1. The van der Waals surface area contributed by atoms with E-state index in [0.29, 0.717) is 6.10 Å². The highest BCUT2D eigenvalue weighted by molar-refractivity contribution is 5.83. The zero-order valence-electron chi connectivity index (χ0n) is 14.2. The maximum atomic E-state index is 11.9. The molecule has 0 atom stereocenters. The van der Waals surface area contributed by atoms with Crippen molar-refractivity contribution in [2.24, 2.45) is 0 Å². The molecular formula is C19H25NO3. The van der Waals surface area contributed by atoms with Crippen LogP contribution in [0.1, 0.15) is 36.5 Å². The Kier molecular flexibility index (Phi) is 4.83. The lowest BCUT2D eigenvalue weighted by atomic mass is 10.0. The number of fused-ring (bicyclic) bond motifs is 1. The van der Waals surface area contributed by atoms with Crippen LogP contribution in [0.4, 0.5) is 0 Å². The third-order valence-corrected chi connectivity index (χ3v) is 4.59. The Morgan fingerprint density at radius 2 is 1.96 bits per heavy atom. The van der Waals surface area contributed by atoms with Crippen LogP contribution in [0.2, 0.25) is 0 Å². The topological polar surface area (TPSA) is 42.7 Å². The van der Waals surface area contributed by atoms with Crippen molar-refractivity contribution in [3.8, 4) is 0 Å². The van der Waals surface area contributed by atoms with Crippen LogP contribution in [0.3, 0.4) is 0 Å². The minimum atomic E-state index is -0.261. The molecule has 1 fully saturated rings. The molecule has 4 heteroatoms. The highest BCUT2D eigenvalue weighted by Crippen LogP contribution is 2.24. The van der Waals surface area contributed by atoms with E-state index in [-0.39, 0.29) is 5.63 Å². The molecule has 0 saturated carbocycles. The molecule has 2 aromatic rings. The van der Waals surface area contributed by atoms with Crippen LogP contribution in [0.5, 0.6) is 0 Å². The lowest BCUT2D eigenvalue weighted by molar-refractivity contribution is 0.0126. The van der Waals surface area contributed by atoms with Crippen molar-refractivity contribution < 1.29 is 9.15 Å². The average molecular weight is 315 g/mol. The van der Waals surface area contributed by atoms with Gasteiger partial charge in [-0.25, -0.2) is 4.79 Å². The van der Waals surface area contributed by atoms with E-state index in [1.165, 1.54) is 5.56 Å². The molecule has 1 saturated heterocycles. The van der Waals surface area contributed by atoms with E-state index in [1.807, 2.05) is 13.8 Å². The molecule has 0 unspecified atom stereocenters. The van der Waals surface area contributed by atoms with Crippen molar-refractivity contribution in [2.75, 3.05) is 19.7 Å². The second-order valence-electron chi connectivity index (χ2n) is 6.48. The normalized spacial score (nSPS) is 17.0. The Morgan fingerprint density at radius 1 is 1.22 bits per heavy atom. The first-order valence-corrected chi connectivity index (χ1v) is 8.44. The third kappa shape index (κ3) is 3.65. The summed E-state index contributed by atoms with van der Waals surface area (Å²) in [4.78, 5) is 14.3. The number of ether oxygens (including phenoxy) is 1. The monoisotopic (exact) mass is 315 g/mol. The van der Waals surface area contributed by atoms with Gasteiger partial charge < -0.3 is 9.15 Å². The Labute approximate surface area is 137 Å². The standard InChI is InChI=1S/C19H25NO3/c1-4-22-16-5-7-20(8-6-16)12-15-11-18(21)23-19-14(3)9-13(2)10-17(15)19/h9-11,16H,4-8,12H2,1-3H3. The largest absolute Gasteiger partial charge is 0.422 e. The molecule has 1 aliphatic rings. The van der Waals surface area contributed by atoms with Crippen LogP contribution in [0.15, 0.2) is 27.4 Å². The fourth-order valence-electron chi connectivity index (χ4n) is 3.52. The zero-order valence-corrected chi connectivity index (χ0v) is 14.2. The van der Waals surface area contributed by atoms with Crippen molar-refractivity contribution in [2.45, 2.75) is 46.3 Å². The molecule has 124 valence electrons. The fourth-order valence-corrected chi connectivity index (χ4v) is 3.52. The Balaban J connectivity index is 1.85. The molecule has 3 rings (SSSR count). The highest BCUT2D eigenvalue weighted by Gasteiger charge is 2.20. The van der Waals surface area contributed by atoms with Gasteiger partial charge in [0.15, 0.2) is 0 Å². The van der Waals surface area contributed by atoms with Gasteiger partial charge in [0.05, 0.1) is 6.10 Å². The summed E-state index contributed by atoms with van der Waals surface area (Å²) < 4.78 is 11.1. The van der Waals surface area contributed by atoms with Gasteiger partial charge in [0.1, 0.15) is 5.58 Å². The smallest absolute Gasteiger partial charge is 0.336 e. The number of hydrogen-bond acceptors (Lipinski definition) is 4. The number of nitrogens with zero attached hydrogens (tertiary/aromatic N) is 1. The zero-order chi connectivity index (χ0) is 16.4. The second-order valence-corrected chi connectivity index (χ2v) is 6.48. The molecule has 0 radical (unpaired) electrons. The van der Waals surface area contributed by atoms with Gasteiger partial charge in [0.25, 0.3) is 0 Å². The maximum Gasteiger partial charge on any atom is 0.336 e. The summed E-state index contributed by atoms with van der Waals surface area (Å²) in [5.41, 5.74) is 3.75. The predicted octanol–water partition coefficient (Wildman–Crippen LogP) is 3.41. The van der Waals surface area contributed by atoms with Crippen LogP contribution in [-0.4, -0.2) is 30.7 Å². The first-order valence-electron chi connectivity index (χ1n) is 8.44. The van der Waals surface area contributed by atoms with Gasteiger partial charge in [-0.05, 0) is 56.4 Å². The van der Waals surface area contributed by atoms with E-state index < -0.39 is 0 Å². The van der Waals surface area contributed by atoms with Gasteiger partial charge in [0, 0.05) is 37.7 Å². The molecule has 0 aliphatic carbocycles. The number of hydrogen-bond donors (Lipinski definition) is 0. The lowest BCUT2D eigenvalue weighted by Gasteiger charge is -2.31. The van der Waals surface area contributed by atoms with Gasteiger partial charge in [-0.3, -0.25) is 4.90 Å². The summed E-state index contributed by atoms with van der Waals surface area (Å²) in [6.45, 7) is 9.72. The summed E-state index contributed by atoms with van der Waals surface area (Å²) in [6, 6.07) is 5.83. The molecular weight excluding hydrogens is 290 g/mol. The number of piperidine rings is 1. The first-order chi connectivity index (χ1) is 11.1. The van der Waals surface area contributed by atoms with E-state index in [0.717, 1.165) is 61.2 Å². The maximum absolute atomic E-state index is 11.9. The number of aryl methyl sites for hydroxylation is 2. The predicted molar refractivity (Wildman–Crippen MR) is 91.9 cm³/mol. The van der Waals surface area contributed by atoms with E-state index in [2.05, 4.69) is 24.0 Å². The molecule has 23 heavy (non-hydrogen) atoms. The summed E-state index contributed by atoms with van der Waals surface area (Å²) in [5, 5.41) is 1.06. The van der Waals surface area contributed by atoms with Crippen LogP contribution in [0.25, 0.3) is 11.0 Å². The molecule has 1 aromatic heterocycles. The third-order valence-electron chi connectivity index (χ3n) is 4.59. The van der Waals surface area contributed by atoms with Gasteiger partial charge in [-0.1, -0.05) is 6.07 Å². The number of rotatable bonds is 4. The molecule has 0 N–H and O–H groups in total. The average Bonchev–Trinajstić information content (AvgIpc) is 2.51. The Bertz CT molecular complexity index is 742. The molecule has 4 nitrogen and oxygen atoms in total. The molecule has 2 heterocycles. The van der Waals surface area contributed by atoms with E-state index in [1.54, 1.807) is 6.07 Å². The minimum Gasteiger partial charge on any atom is -0.422 e. The van der Waals surface area contributed by atoms with Gasteiger partial charge in [-0.2, -0.15) is 0 Å². The van der Waals surface area contributed by atoms with E-state index in [4.69, 9.17) is 9.15 Å². The molecule has 1 aliphatic heterocycles. The number of benzene rings is 1. The molecule has 1 aromatic carbocycles. The van der Waals surface area contributed by atoms with Crippen LogP contribution >= 0.6 is 0 Å². The molecule has 0 amide bonds.